The largest absolute Gasteiger partial charge is 0.455 e. The quantitative estimate of drug-likeness (QED) is 0.175. The number of para-hydroxylation sites is 3. The maximum Gasteiger partial charge on any atom is 0.143 e. The van der Waals surface area contributed by atoms with E-state index in [1.165, 1.54) is 42.4 Å². The van der Waals surface area contributed by atoms with Crippen LogP contribution in [0.15, 0.2) is 192 Å². The van der Waals surface area contributed by atoms with Gasteiger partial charge in [-0.2, -0.15) is 0 Å². The van der Waals surface area contributed by atoms with Gasteiger partial charge in [0, 0.05) is 43.1 Å². The molecule has 0 fully saturated rings. The molecule has 0 aliphatic heterocycles. The second kappa shape index (κ2) is 12.2. The smallest absolute Gasteiger partial charge is 0.143 e. The van der Waals surface area contributed by atoms with Gasteiger partial charge in [-0.15, -0.1) is 11.3 Å². The Morgan fingerprint density at radius 2 is 1.00 bits per heavy atom. The molecule has 3 heteroatoms. The lowest BCUT2D eigenvalue weighted by molar-refractivity contribution is 0.670. The minimum atomic E-state index is 0.909. The number of hydrogen-bond donors (Lipinski definition) is 0. The van der Waals surface area contributed by atoms with Crippen molar-refractivity contribution in [3.63, 3.8) is 0 Å². The molecule has 0 atom stereocenters. The SMILES string of the molecule is c1ccc(-c2ccccc2N(c2ccc(-c3cccc4c3oc3ccccc34)cc2)c2ccc(-c3ccccc3)c3c2sc2ccccc23)cc1. The van der Waals surface area contributed by atoms with Crippen LogP contribution in [-0.2, 0) is 0 Å². The van der Waals surface area contributed by atoms with Crippen molar-refractivity contribution < 1.29 is 4.42 Å². The monoisotopic (exact) mass is 669 g/mol. The summed E-state index contributed by atoms with van der Waals surface area (Å²) in [5.41, 5.74) is 12.2. The summed E-state index contributed by atoms with van der Waals surface area (Å²) < 4.78 is 8.98. The fourth-order valence-corrected chi connectivity index (χ4v) is 8.78. The van der Waals surface area contributed by atoms with Gasteiger partial charge in [0.1, 0.15) is 11.2 Å². The Morgan fingerprint density at radius 3 is 1.80 bits per heavy atom. The minimum Gasteiger partial charge on any atom is -0.455 e. The van der Waals surface area contributed by atoms with Crippen molar-refractivity contribution in [3.8, 4) is 33.4 Å². The zero-order valence-electron chi connectivity index (χ0n) is 27.7. The Kier molecular flexibility index (Phi) is 7.04. The molecule has 8 aromatic carbocycles. The Balaban J connectivity index is 1.21. The van der Waals surface area contributed by atoms with Crippen molar-refractivity contribution in [2.75, 3.05) is 4.90 Å². The van der Waals surface area contributed by atoms with Gasteiger partial charge in [-0.3, -0.25) is 0 Å². The summed E-state index contributed by atoms with van der Waals surface area (Å²) in [5, 5.41) is 4.84. The van der Waals surface area contributed by atoms with Gasteiger partial charge >= 0.3 is 0 Å². The third kappa shape index (κ3) is 4.93. The molecule has 0 aliphatic rings. The zero-order chi connectivity index (χ0) is 33.7. The molecule has 10 rings (SSSR count). The van der Waals surface area contributed by atoms with E-state index >= 15 is 0 Å². The summed E-state index contributed by atoms with van der Waals surface area (Å²) >= 11 is 1.87. The lowest BCUT2D eigenvalue weighted by Crippen LogP contribution is -2.11. The maximum absolute atomic E-state index is 6.43. The highest BCUT2D eigenvalue weighted by molar-refractivity contribution is 7.26. The van der Waals surface area contributed by atoms with E-state index in [0.717, 1.165) is 50.1 Å². The van der Waals surface area contributed by atoms with Gasteiger partial charge in [0.05, 0.1) is 16.1 Å². The molecule has 0 bridgehead atoms. The Hall–Kier alpha value is -6.42. The predicted molar refractivity (Wildman–Crippen MR) is 218 cm³/mol. The molecule has 51 heavy (non-hydrogen) atoms. The van der Waals surface area contributed by atoms with E-state index in [9.17, 15) is 0 Å². The number of hydrogen-bond acceptors (Lipinski definition) is 3. The normalized spacial score (nSPS) is 11.5. The Bertz CT molecular complexity index is 2850. The summed E-state index contributed by atoms with van der Waals surface area (Å²) in [7, 11) is 0. The number of anilines is 3. The fraction of sp³-hybridized carbons (Fsp3) is 0. The standard InChI is InChI=1S/C48H31NOS/c1-3-14-32(15-4-1)36-18-7-10-23-42(36)49(35-28-26-34(27-29-35)38-21-13-22-40-39-19-8-11-24-44(39)50-47(38)40)43-31-30-37(33-16-5-2-6-17-33)46-41-20-9-12-25-45(41)51-48(43)46/h1-31H. The molecular formula is C48H31NOS. The van der Waals surface area contributed by atoms with Gasteiger partial charge in [0.2, 0.25) is 0 Å². The first-order valence-corrected chi connectivity index (χ1v) is 18.1. The highest BCUT2D eigenvalue weighted by Crippen LogP contribution is 2.50. The van der Waals surface area contributed by atoms with E-state index < -0.39 is 0 Å². The maximum atomic E-state index is 6.43. The Labute approximate surface area is 300 Å². The van der Waals surface area contributed by atoms with Gasteiger partial charge in [0.15, 0.2) is 0 Å². The van der Waals surface area contributed by atoms with E-state index in [1.807, 2.05) is 23.5 Å². The van der Waals surface area contributed by atoms with Crippen LogP contribution in [0.3, 0.4) is 0 Å². The number of nitrogens with zero attached hydrogens (tertiary/aromatic N) is 1. The molecule has 0 N–H and O–H groups in total. The van der Waals surface area contributed by atoms with Crippen molar-refractivity contribution in [1.29, 1.82) is 0 Å². The molecule has 0 aliphatic carbocycles. The zero-order valence-corrected chi connectivity index (χ0v) is 28.5. The molecule has 2 nitrogen and oxygen atoms in total. The highest BCUT2D eigenvalue weighted by atomic mass is 32.1. The number of benzene rings is 8. The van der Waals surface area contributed by atoms with Crippen LogP contribution in [0, 0.1) is 0 Å². The molecule has 0 spiro atoms. The molecule has 0 unspecified atom stereocenters. The highest BCUT2D eigenvalue weighted by Gasteiger charge is 2.23. The van der Waals surface area contributed by atoms with Crippen molar-refractivity contribution in [2.24, 2.45) is 0 Å². The number of furan rings is 1. The van der Waals surface area contributed by atoms with Crippen LogP contribution in [0.25, 0.3) is 75.5 Å². The first-order chi connectivity index (χ1) is 25.3. The number of fused-ring (bicyclic) bond motifs is 6. The first kappa shape index (κ1) is 29.5. The van der Waals surface area contributed by atoms with Gasteiger partial charge in [-0.1, -0.05) is 152 Å². The van der Waals surface area contributed by atoms with Crippen LogP contribution in [0.2, 0.25) is 0 Å². The topological polar surface area (TPSA) is 16.4 Å². The second-order valence-electron chi connectivity index (χ2n) is 12.8. The third-order valence-corrected chi connectivity index (χ3v) is 11.1. The van der Waals surface area contributed by atoms with Gasteiger partial charge in [-0.25, -0.2) is 0 Å². The van der Waals surface area contributed by atoms with Crippen molar-refractivity contribution >= 4 is 70.5 Å². The van der Waals surface area contributed by atoms with E-state index in [2.05, 4.69) is 181 Å². The molecule has 240 valence electrons. The van der Waals surface area contributed by atoms with Crippen LogP contribution < -0.4 is 4.90 Å². The third-order valence-electron chi connectivity index (χ3n) is 9.90. The molecule has 0 saturated heterocycles. The summed E-state index contributed by atoms with van der Waals surface area (Å²) in [4.78, 5) is 2.44. The summed E-state index contributed by atoms with van der Waals surface area (Å²) in [6, 6.07) is 67.3. The van der Waals surface area contributed by atoms with Crippen molar-refractivity contribution in [3.05, 3.63) is 188 Å². The molecule has 0 amide bonds. The summed E-state index contributed by atoms with van der Waals surface area (Å²) in [5.74, 6) is 0. The molecular weight excluding hydrogens is 639 g/mol. The minimum absolute atomic E-state index is 0.909. The van der Waals surface area contributed by atoms with Crippen LogP contribution in [0.5, 0.6) is 0 Å². The average molecular weight is 670 g/mol. The molecule has 2 heterocycles. The van der Waals surface area contributed by atoms with E-state index in [-0.39, 0.29) is 0 Å². The van der Waals surface area contributed by atoms with Crippen LogP contribution >= 0.6 is 11.3 Å². The second-order valence-corrected chi connectivity index (χ2v) is 13.9. The molecule has 10 aromatic rings. The van der Waals surface area contributed by atoms with Gasteiger partial charge < -0.3 is 9.32 Å². The lowest BCUT2D eigenvalue weighted by atomic mass is 9.97. The van der Waals surface area contributed by atoms with Crippen LogP contribution in [0.1, 0.15) is 0 Å². The van der Waals surface area contributed by atoms with E-state index in [1.54, 1.807) is 0 Å². The van der Waals surface area contributed by atoms with Crippen molar-refractivity contribution in [1.82, 2.24) is 0 Å². The predicted octanol–water partition coefficient (Wildman–Crippen LogP) is 14.4. The number of thiophene rings is 1. The fourth-order valence-electron chi connectivity index (χ4n) is 7.55. The van der Waals surface area contributed by atoms with E-state index in [4.69, 9.17) is 4.42 Å². The van der Waals surface area contributed by atoms with Gasteiger partial charge in [0.25, 0.3) is 0 Å². The Morgan fingerprint density at radius 1 is 0.392 bits per heavy atom. The van der Waals surface area contributed by atoms with Crippen LogP contribution in [-0.4, -0.2) is 0 Å². The van der Waals surface area contributed by atoms with Crippen LogP contribution in [0.4, 0.5) is 17.1 Å². The van der Waals surface area contributed by atoms with Crippen molar-refractivity contribution in [2.45, 2.75) is 0 Å². The molecule has 0 saturated carbocycles. The molecule has 2 aromatic heterocycles. The summed E-state index contributed by atoms with van der Waals surface area (Å²) in [6.45, 7) is 0. The van der Waals surface area contributed by atoms with Gasteiger partial charge in [-0.05, 0) is 58.7 Å². The molecule has 0 radical (unpaired) electrons. The lowest BCUT2D eigenvalue weighted by Gasteiger charge is -2.29. The summed E-state index contributed by atoms with van der Waals surface area (Å²) in [6.07, 6.45) is 0. The first-order valence-electron chi connectivity index (χ1n) is 17.3. The average Bonchev–Trinajstić information content (AvgIpc) is 3.79. The van der Waals surface area contributed by atoms with E-state index in [0.29, 0.717) is 0 Å². The number of rotatable bonds is 6.